The first-order valence-electron chi connectivity index (χ1n) is 7.48. The first-order valence-corrected chi connectivity index (χ1v) is 7.48. The predicted molar refractivity (Wildman–Crippen MR) is 84.0 cm³/mol. The van der Waals surface area contributed by atoms with E-state index >= 15 is 0 Å². The lowest BCUT2D eigenvalue weighted by Gasteiger charge is -2.26. The average molecular weight is 286 g/mol. The second-order valence-corrected chi connectivity index (χ2v) is 5.29. The molecule has 0 radical (unpaired) electrons. The molecule has 1 aromatic carbocycles. The van der Waals surface area contributed by atoms with Gasteiger partial charge in [0.2, 0.25) is 5.95 Å². The fraction of sp³-hybridized carbons (Fsp3) is 0.438. The number of aromatic nitrogens is 2. The van der Waals surface area contributed by atoms with Gasteiger partial charge in [0.05, 0.1) is 18.9 Å². The lowest BCUT2D eigenvalue weighted by atomic mass is 10.3. The highest BCUT2D eigenvalue weighted by Crippen LogP contribution is 2.16. The Bertz CT molecular complexity index is 561. The Hall–Kier alpha value is -1.85. The molecule has 2 aromatic rings. The van der Waals surface area contributed by atoms with E-state index < -0.39 is 0 Å². The smallest absolute Gasteiger partial charge is 0.207 e. The molecule has 1 aliphatic rings. The minimum Gasteiger partial charge on any atom is -0.379 e. The van der Waals surface area contributed by atoms with Crippen molar-refractivity contribution in [3.63, 3.8) is 0 Å². The number of hydrogen-bond acceptors (Lipinski definition) is 4. The summed E-state index contributed by atoms with van der Waals surface area (Å²) in [6, 6.07) is 10.3. The summed E-state index contributed by atoms with van der Waals surface area (Å²) in [7, 11) is 0. The van der Waals surface area contributed by atoms with Gasteiger partial charge in [-0.1, -0.05) is 18.2 Å². The fourth-order valence-corrected chi connectivity index (χ4v) is 2.56. The number of hydrogen-bond donors (Lipinski definition) is 1. The second-order valence-electron chi connectivity index (χ2n) is 5.29. The molecule has 0 saturated carbocycles. The molecule has 21 heavy (non-hydrogen) atoms. The van der Waals surface area contributed by atoms with Crippen LogP contribution in [0.15, 0.2) is 36.5 Å². The Labute approximate surface area is 125 Å². The average Bonchev–Trinajstić information content (AvgIpc) is 2.90. The van der Waals surface area contributed by atoms with Crippen LogP contribution < -0.4 is 5.32 Å². The SMILES string of the molecule is Cc1cn(-c2ccccc2)c(NCCN2CCOCC2)n1. The van der Waals surface area contributed by atoms with Crippen molar-refractivity contribution in [3.8, 4) is 5.69 Å². The maximum atomic E-state index is 5.37. The minimum absolute atomic E-state index is 0.845. The van der Waals surface area contributed by atoms with Gasteiger partial charge in [-0.15, -0.1) is 0 Å². The van der Waals surface area contributed by atoms with Crippen LogP contribution >= 0.6 is 0 Å². The van der Waals surface area contributed by atoms with Gasteiger partial charge in [-0.05, 0) is 19.1 Å². The van der Waals surface area contributed by atoms with Crippen molar-refractivity contribution in [2.45, 2.75) is 6.92 Å². The van der Waals surface area contributed by atoms with Crippen LogP contribution in [-0.2, 0) is 4.74 Å². The van der Waals surface area contributed by atoms with Crippen LogP contribution in [0, 0.1) is 6.92 Å². The van der Waals surface area contributed by atoms with E-state index in [0.29, 0.717) is 0 Å². The van der Waals surface area contributed by atoms with Gasteiger partial charge >= 0.3 is 0 Å². The van der Waals surface area contributed by atoms with Crippen molar-refractivity contribution in [2.75, 3.05) is 44.7 Å². The molecule has 0 amide bonds. The summed E-state index contributed by atoms with van der Waals surface area (Å²) in [5.74, 6) is 0.909. The zero-order valence-corrected chi connectivity index (χ0v) is 12.5. The number of imidazole rings is 1. The summed E-state index contributed by atoms with van der Waals surface area (Å²) in [5.41, 5.74) is 2.15. The summed E-state index contributed by atoms with van der Waals surface area (Å²) in [6.07, 6.45) is 2.06. The van der Waals surface area contributed by atoms with Crippen molar-refractivity contribution < 1.29 is 4.74 Å². The molecule has 5 heteroatoms. The molecule has 1 saturated heterocycles. The lowest BCUT2D eigenvalue weighted by Crippen LogP contribution is -2.39. The van der Waals surface area contributed by atoms with Crippen LogP contribution in [0.5, 0.6) is 0 Å². The third-order valence-electron chi connectivity index (χ3n) is 3.68. The molecular formula is C16H22N4O. The van der Waals surface area contributed by atoms with Crippen molar-refractivity contribution in [1.29, 1.82) is 0 Å². The van der Waals surface area contributed by atoms with E-state index in [1.807, 2.05) is 25.1 Å². The largest absolute Gasteiger partial charge is 0.379 e. The highest BCUT2D eigenvalue weighted by Gasteiger charge is 2.11. The predicted octanol–water partition coefficient (Wildman–Crippen LogP) is 1.92. The van der Waals surface area contributed by atoms with Crippen LogP contribution in [0.2, 0.25) is 0 Å². The number of nitrogens with one attached hydrogen (secondary N) is 1. The van der Waals surface area contributed by atoms with E-state index in [2.05, 4.69) is 38.1 Å². The van der Waals surface area contributed by atoms with Gasteiger partial charge in [-0.2, -0.15) is 0 Å². The Kier molecular flexibility index (Phi) is 4.52. The number of morpholine rings is 1. The van der Waals surface area contributed by atoms with Crippen LogP contribution in [-0.4, -0.2) is 53.8 Å². The minimum atomic E-state index is 0.845. The van der Waals surface area contributed by atoms with Crippen LogP contribution in [0.1, 0.15) is 5.69 Å². The third-order valence-corrected chi connectivity index (χ3v) is 3.68. The number of aryl methyl sites for hydroxylation is 1. The molecule has 2 heterocycles. The molecule has 112 valence electrons. The highest BCUT2D eigenvalue weighted by atomic mass is 16.5. The quantitative estimate of drug-likeness (QED) is 0.912. The molecule has 1 N–H and O–H groups in total. The molecule has 0 bridgehead atoms. The fourth-order valence-electron chi connectivity index (χ4n) is 2.56. The van der Waals surface area contributed by atoms with E-state index in [4.69, 9.17) is 4.74 Å². The molecule has 0 unspecified atom stereocenters. The van der Waals surface area contributed by atoms with Crippen LogP contribution in [0.3, 0.4) is 0 Å². The van der Waals surface area contributed by atoms with Gasteiger partial charge in [0.25, 0.3) is 0 Å². The summed E-state index contributed by atoms with van der Waals surface area (Å²) in [4.78, 5) is 6.99. The number of para-hydroxylation sites is 1. The summed E-state index contributed by atoms with van der Waals surface area (Å²) >= 11 is 0. The van der Waals surface area contributed by atoms with Gasteiger partial charge in [0.15, 0.2) is 0 Å². The molecule has 1 aliphatic heterocycles. The van der Waals surface area contributed by atoms with Gasteiger partial charge in [-0.3, -0.25) is 9.47 Å². The first-order chi connectivity index (χ1) is 10.3. The molecule has 3 rings (SSSR count). The highest BCUT2D eigenvalue weighted by molar-refractivity contribution is 5.42. The Morgan fingerprint density at radius 3 is 2.71 bits per heavy atom. The summed E-state index contributed by atoms with van der Waals surface area (Å²) < 4.78 is 7.47. The van der Waals surface area contributed by atoms with Crippen molar-refractivity contribution in [2.24, 2.45) is 0 Å². The molecule has 0 spiro atoms. The van der Waals surface area contributed by atoms with Crippen molar-refractivity contribution >= 4 is 5.95 Å². The number of ether oxygens (including phenoxy) is 1. The van der Waals surface area contributed by atoms with Crippen molar-refractivity contribution in [3.05, 3.63) is 42.2 Å². The van der Waals surface area contributed by atoms with Gasteiger partial charge in [0, 0.05) is 38.1 Å². The summed E-state index contributed by atoms with van der Waals surface area (Å²) in [6.45, 7) is 7.66. The third kappa shape index (κ3) is 3.62. The monoisotopic (exact) mass is 286 g/mol. The molecule has 1 aromatic heterocycles. The number of nitrogens with zero attached hydrogens (tertiary/aromatic N) is 3. The van der Waals surface area contributed by atoms with E-state index in [0.717, 1.165) is 56.7 Å². The molecular weight excluding hydrogens is 264 g/mol. The lowest BCUT2D eigenvalue weighted by molar-refractivity contribution is 0.0398. The number of benzene rings is 1. The van der Waals surface area contributed by atoms with Gasteiger partial charge < -0.3 is 10.1 Å². The molecule has 0 aliphatic carbocycles. The van der Waals surface area contributed by atoms with Crippen LogP contribution in [0.25, 0.3) is 5.69 Å². The zero-order chi connectivity index (χ0) is 14.5. The second kappa shape index (κ2) is 6.74. The number of anilines is 1. The Morgan fingerprint density at radius 2 is 1.95 bits per heavy atom. The van der Waals surface area contributed by atoms with Gasteiger partial charge in [-0.25, -0.2) is 4.98 Å². The Morgan fingerprint density at radius 1 is 1.19 bits per heavy atom. The molecule has 5 nitrogen and oxygen atoms in total. The molecule has 0 atom stereocenters. The summed E-state index contributed by atoms with van der Waals surface area (Å²) in [5, 5.41) is 3.45. The zero-order valence-electron chi connectivity index (χ0n) is 12.5. The number of rotatable bonds is 5. The van der Waals surface area contributed by atoms with Crippen molar-refractivity contribution in [1.82, 2.24) is 14.5 Å². The topological polar surface area (TPSA) is 42.3 Å². The van der Waals surface area contributed by atoms with Gasteiger partial charge in [0.1, 0.15) is 0 Å². The maximum Gasteiger partial charge on any atom is 0.207 e. The van der Waals surface area contributed by atoms with E-state index in [-0.39, 0.29) is 0 Å². The van der Waals surface area contributed by atoms with E-state index in [1.54, 1.807) is 0 Å². The van der Waals surface area contributed by atoms with E-state index in [9.17, 15) is 0 Å². The molecule has 1 fully saturated rings. The first kappa shape index (κ1) is 14.1. The maximum absolute atomic E-state index is 5.37. The normalized spacial score (nSPS) is 16.0. The van der Waals surface area contributed by atoms with E-state index in [1.165, 1.54) is 0 Å². The standard InChI is InChI=1S/C16H22N4O/c1-14-13-20(15-5-3-2-4-6-15)16(18-14)17-7-8-19-9-11-21-12-10-19/h2-6,13H,7-12H2,1H3,(H,17,18). The Balaban J connectivity index is 1.62. The van der Waals surface area contributed by atoms with Crippen LogP contribution in [0.4, 0.5) is 5.95 Å².